The van der Waals surface area contributed by atoms with Crippen molar-refractivity contribution in [3.63, 3.8) is 0 Å². The lowest BCUT2D eigenvalue weighted by Gasteiger charge is -2.34. The number of hydrogen-bond acceptors (Lipinski definition) is 3. The number of piperidine rings is 1. The molecule has 5 nitrogen and oxygen atoms in total. The summed E-state index contributed by atoms with van der Waals surface area (Å²) in [6.07, 6.45) is 1.46. The molecular weight excluding hydrogens is 387 g/mol. The van der Waals surface area contributed by atoms with Crippen molar-refractivity contribution in [3.8, 4) is 5.75 Å². The Hall–Kier alpha value is -1.46. The summed E-state index contributed by atoms with van der Waals surface area (Å²) in [4.78, 5) is 26.4. The van der Waals surface area contributed by atoms with Crippen LogP contribution in [0, 0.1) is 19.3 Å². The van der Waals surface area contributed by atoms with Gasteiger partial charge in [0.2, 0.25) is 5.91 Å². The number of aryl methyl sites for hydroxylation is 2. The van der Waals surface area contributed by atoms with Crippen LogP contribution in [-0.2, 0) is 9.59 Å². The van der Waals surface area contributed by atoms with Crippen LogP contribution < -0.4 is 10.1 Å². The van der Waals surface area contributed by atoms with E-state index in [1.807, 2.05) is 39.8 Å². The maximum absolute atomic E-state index is 12.4. The second kappa shape index (κ2) is 9.16. The highest BCUT2D eigenvalue weighted by atomic mass is 35.5. The maximum atomic E-state index is 12.4. The third-order valence-corrected chi connectivity index (χ3v) is 6.17. The molecule has 1 aliphatic rings. The second-order valence-corrected chi connectivity index (χ2v) is 8.45. The summed E-state index contributed by atoms with van der Waals surface area (Å²) >= 11 is 12.0. The van der Waals surface area contributed by atoms with Crippen LogP contribution >= 0.6 is 23.2 Å². The molecule has 1 fully saturated rings. The van der Waals surface area contributed by atoms with Gasteiger partial charge >= 0.3 is 0 Å². The van der Waals surface area contributed by atoms with Gasteiger partial charge < -0.3 is 15.0 Å². The van der Waals surface area contributed by atoms with Crippen LogP contribution in [0.3, 0.4) is 0 Å². The fraction of sp³-hybridized carbons (Fsp3) is 0.600. The topological polar surface area (TPSA) is 58.6 Å². The van der Waals surface area contributed by atoms with E-state index in [0.29, 0.717) is 18.8 Å². The molecule has 0 unspecified atom stereocenters. The van der Waals surface area contributed by atoms with Crippen molar-refractivity contribution < 1.29 is 14.3 Å². The quantitative estimate of drug-likeness (QED) is 0.721. The third-order valence-electron chi connectivity index (χ3n) is 4.90. The van der Waals surface area contributed by atoms with Gasteiger partial charge in [-0.2, -0.15) is 0 Å². The molecule has 1 saturated heterocycles. The molecule has 0 aliphatic carbocycles. The van der Waals surface area contributed by atoms with Gasteiger partial charge in [-0.05, 0) is 63.8 Å². The minimum Gasteiger partial charge on any atom is -0.484 e. The first-order valence-electron chi connectivity index (χ1n) is 9.18. The zero-order chi connectivity index (χ0) is 20.2. The normalized spacial score (nSPS) is 15.6. The number of hydrogen-bond donors (Lipinski definition) is 1. The van der Waals surface area contributed by atoms with E-state index in [0.717, 1.165) is 29.0 Å². The number of alkyl halides is 1. The Bertz CT molecular complexity index is 675. The molecule has 1 heterocycles. The van der Waals surface area contributed by atoms with Crippen molar-refractivity contribution in [1.29, 1.82) is 0 Å². The average Bonchev–Trinajstić information content (AvgIpc) is 2.64. The number of amides is 2. The molecule has 1 aliphatic heterocycles. The van der Waals surface area contributed by atoms with E-state index in [4.69, 9.17) is 27.9 Å². The van der Waals surface area contributed by atoms with Crippen LogP contribution in [0.1, 0.15) is 37.8 Å². The first-order chi connectivity index (χ1) is 12.6. The second-order valence-electron chi connectivity index (χ2n) is 7.81. The number of carbonyl (C=O) groups is 2. The Morgan fingerprint density at radius 3 is 2.30 bits per heavy atom. The Labute approximate surface area is 171 Å². The summed E-state index contributed by atoms with van der Waals surface area (Å²) < 4.78 is 5.65. The fourth-order valence-corrected chi connectivity index (χ4v) is 3.17. The van der Waals surface area contributed by atoms with Crippen LogP contribution in [0.2, 0.25) is 5.02 Å². The molecule has 0 spiro atoms. The number of nitrogens with zero attached hydrogens (tertiary/aromatic N) is 1. The lowest BCUT2D eigenvalue weighted by molar-refractivity contribution is -0.134. The van der Waals surface area contributed by atoms with Gasteiger partial charge in [-0.25, -0.2) is 0 Å². The molecule has 2 rings (SSSR count). The van der Waals surface area contributed by atoms with Crippen LogP contribution in [-0.4, -0.2) is 48.3 Å². The summed E-state index contributed by atoms with van der Waals surface area (Å²) in [6.45, 7) is 8.68. The number of carbonyl (C=O) groups excluding carboxylic acids is 2. The average molecular weight is 415 g/mol. The van der Waals surface area contributed by atoms with E-state index in [9.17, 15) is 9.59 Å². The molecule has 150 valence electrons. The van der Waals surface area contributed by atoms with E-state index < -0.39 is 5.41 Å². The molecule has 27 heavy (non-hydrogen) atoms. The number of ether oxygens (including phenoxy) is 1. The number of benzene rings is 1. The molecule has 1 N–H and O–H groups in total. The van der Waals surface area contributed by atoms with Gasteiger partial charge in [-0.15, -0.1) is 11.6 Å². The summed E-state index contributed by atoms with van der Waals surface area (Å²) in [5, 5.41) is 3.76. The largest absolute Gasteiger partial charge is 0.484 e. The van der Waals surface area contributed by atoms with Crippen molar-refractivity contribution in [3.05, 3.63) is 28.3 Å². The van der Waals surface area contributed by atoms with Gasteiger partial charge in [0.25, 0.3) is 5.91 Å². The highest BCUT2D eigenvalue weighted by Crippen LogP contribution is 2.26. The zero-order valence-electron chi connectivity index (χ0n) is 16.4. The molecule has 0 radical (unpaired) electrons. The number of halogens is 2. The van der Waals surface area contributed by atoms with Crippen LogP contribution in [0.15, 0.2) is 12.1 Å². The predicted octanol–water partition coefficient (Wildman–Crippen LogP) is 3.71. The molecule has 2 amide bonds. The Kier molecular flexibility index (Phi) is 7.40. The maximum Gasteiger partial charge on any atom is 0.260 e. The zero-order valence-corrected chi connectivity index (χ0v) is 17.9. The third kappa shape index (κ3) is 5.76. The minimum absolute atomic E-state index is 0.00316. The van der Waals surface area contributed by atoms with Gasteiger partial charge in [0.05, 0.1) is 5.41 Å². The smallest absolute Gasteiger partial charge is 0.260 e. The van der Waals surface area contributed by atoms with Gasteiger partial charge in [0.15, 0.2) is 6.61 Å². The highest BCUT2D eigenvalue weighted by Gasteiger charge is 2.30. The molecule has 1 aromatic carbocycles. The molecule has 0 aromatic heterocycles. The fourth-order valence-electron chi connectivity index (χ4n) is 2.94. The van der Waals surface area contributed by atoms with Crippen LogP contribution in [0.4, 0.5) is 0 Å². The van der Waals surface area contributed by atoms with E-state index in [-0.39, 0.29) is 30.3 Å². The Morgan fingerprint density at radius 1 is 1.22 bits per heavy atom. The Balaban J connectivity index is 1.80. The minimum atomic E-state index is -0.586. The summed E-state index contributed by atoms with van der Waals surface area (Å²) in [7, 11) is 0. The van der Waals surface area contributed by atoms with Gasteiger partial charge in [0.1, 0.15) is 5.75 Å². The summed E-state index contributed by atoms with van der Waals surface area (Å²) in [6, 6.07) is 3.75. The van der Waals surface area contributed by atoms with Gasteiger partial charge in [0, 0.05) is 30.0 Å². The van der Waals surface area contributed by atoms with Gasteiger partial charge in [-0.1, -0.05) is 11.6 Å². The first kappa shape index (κ1) is 21.8. The summed E-state index contributed by atoms with van der Waals surface area (Å²) in [5.74, 6) is 0.829. The SMILES string of the molecule is Cc1cc(OCC(=O)N2CCC(NC(=O)C(C)(C)CCl)CC2)cc(C)c1Cl. The number of rotatable bonds is 6. The lowest BCUT2D eigenvalue weighted by Crippen LogP contribution is -2.50. The molecule has 0 atom stereocenters. The van der Waals surface area contributed by atoms with Crippen molar-refractivity contribution in [2.75, 3.05) is 25.6 Å². The number of likely N-dealkylation sites (tertiary alicyclic amines) is 1. The molecule has 7 heteroatoms. The van der Waals surface area contributed by atoms with Crippen LogP contribution in [0.25, 0.3) is 0 Å². The standard InChI is InChI=1S/C20H28Cl2N2O3/c1-13-9-16(10-14(2)18(13)22)27-11-17(25)24-7-5-15(6-8-24)23-19(26)20(3,4)12-21/h9-10,15H,5-8,11-12H2,1-4H3,(H,23,26). The van der Waals surface area contributed by atoms with Crippen LogP contribution in [0.5, 0.6) is 5.75 Å². The van der Waals surface area contributed by atoms with Crippen molar-refractivity contribution in [2.24, 2.45) is 5.41 Å². The Morgan fingerprint density at radius 2 is 1.78 bits per heavy atom. The van der Waals surface area contributed by atoms with E-state index in [1.165, 1.54) is 0 Å². The van der Waals surface area contributed by atoms with E-state index >= 15 is 0 Å². The molecule has 0 bridgehead atoms. The first-order valence-corrected chi connectivity index (χ1v) is 10.1. The summed E-state index contributed by atoms with van der Waals surface area (Å²) in [5.41, 5.74) is 1.27. The van der Waals surface area contributed by atoms with Gasteiger partial charge in [-0.3, -0.25) is 9.59 Å². The van der Waals surface area contributed by atoms with Crippen molar-refractivity contribution >= 4 is 35.0 Å². The lowest BCUT2D eigenvalue weighted by atomic mass is 9.93. The predicted molar refractivity (Wildman–Crippen MR) is 109 cm³/mol. The molecular formula is C20H28Cl2N2O3. The van der Waals surface area contributed by atoms with E-state index in [2.05, 4.69) is 5.32 Å². The highest BCUT2D eigenvalue weighted by molar-refractivity contribution is 6.32. The molecule has 0 saturated carbocycles. The van der Waals surface area contributed by atoms with E-state index in [1.54, 1.807) is 4.90 Å². The molecule has 1 aromatic rings. The number of nitrogens with one attached hydrogen (secondary N) is 1. The van der Waals surface area contributed by atoms with Crippen molar-refractivity contribution in [2.45, 2.75) is 46.6 Å². The van der Waals surface area contributed by atoms with Crippen molar-refractivity contribution in [1.82, 2.24) is 10.2 Å². The monoisotopic (exact) mass is 414 g/mol.